The fraction of sp³-hybridized carbons (Fsp3) is 0.375. The highest BCUT2D eigenvalue weighted by atomic mass is 16.3. The van der Waals surface area contributed by atoms with Gasteiger partial charge in [0.25, 0.3) is 0 Å². The van der Waals surface area contributed by atoms with Crippen molar-refractivity contribution in [3.8, 4) is 0 Å². The molecule has 3 aromatic heterocycles. The van der Waals surface area contributed by atoms with Crippen LogP contribution in [0.3, 0.4) is 0 Å². The molecule has 1 aliphatic heterocycles. The number of nitrogens with zero attached hydrogens (tertiary/aromatic N) is 4. The Kier molecular flexibility index (Phi) is 4.78. The molecule has 164 valence electrons. The van der Waals surface area contributed by atoms with Crippen LogP contribution in [-0.4, -0.2) is 48.5 Å². The second-order valence-corrected chi connectivity index (χ2v) is 8.93. The average molecular weight is 431 g/mol. The minimum absolute atomic E-state index is 0.0207. The molecule has 8 heteroatoms. The van der Waals surface area contributed by atoms with Gasteiger partial charge in [-0.05, 0) is 60.9 Å². The zero-order chi connectivity index (χ0) is 21.7. The topological polar surface area (TPSA) is 108 Å². The van der Waals surface area contributed by atoms with Crippen LogP contribution in [0.1, 0.15) is 30.0 Å². The standard InChI is InChI=1S/C24H26N6O2/c31-21-16(11-20(22(21)32)30-8-6-18-12-25-13-26-24(18)30)4-2-14-1-3-15-10-17-5-7-27-29-23(17)28-19(15)9-14/h1,3,6,8-10,12-13,16,20-22,27,31-32H,2,4-5,7,11H2,(H,28,29)/t16-,20+,21+,22-/m0/s1. The molecule has 0 unspecified atom stereocenters. The number of hydrogen-bond donors (Lipinski definition) is 4. The lowest BCUT2D eigenvalue weighted by molar-refractivity contribution is 0.00545. The van der Waals surface area contributed by atoms with Crippen molar-refractivity contribution < 1.29 is 10.2 Å². The molecule has 4 aromatic rings. The zero-order valence-electron chi connectivity index (χ0n) is 17.6. The fourth-order valence-electron chi connectivity index (χ4n) is 5.23. The molecule has 32 heavy (non-hydrogen) atoms. The largest absolute Gasteiger partial charge is 0.390 e. The maximum atomic E-state index is 10.8. The van der Waals surface area contributed by atoms with Crippen molar-refractivity contribution in [2.45, 2.75) is 43.9 Å². The van der Waals surface area contributed by atoms with Gasteiger partial charge in [-0.1, -0.05) is 12.1 Å². The molecule has 1 saturated carbocycles. The summed E-state index contributed by atoms with van der Waals surface area (Å²) in [6.07, 6.45) is 6.98. The Morgan fingerprint density at radius 3 is 2.97 bits per heavy atom. The highest BCUT2D eigenvalue weighted by Gasteiger charge is 2.42. The van der Waals surface area contributed by atoms with E-state index in [0.29, 0.717) is 6.42 Å². The number of nitrogens with one attached hydrogen (secondary N) is 2. The molecular weight excluding hydrogens is 404 g/mol. The summed E-state index contributed by atoms with van der Waals surface area (Å²) < 4.78 is 1.98. The van der Waals surface area contributed by atoms with Gasteiger partial charge in [0.2, 0.25) is 0 Å². The highest BCUT2D eigenvalue weighted by Crippen LogP contribution is 2.39. The van der Waals surface area contributed by atoms with Crippen LogP contribution in [0.15, 0.2) is 49.1 Å². The summed E-state index contributed by atoms with van der Waals surface area (Å²) in [5, 5.41) is 23.6. The zero-order valence-corrected chi connectivity index (χ0v) is 17.6. The van der Waals surface area contributed by atoms with Crippen LogP contribution in [0.4, 0.5) is 5.82 Å². The van der Waals surface area contributed by atoms with E-state index in [2.05, 4.69) is 45.1 Å². The quantitative estimate of drug-likeness (QED) is 0.394. The van der Waals surface area contributed by atoms with Crippen LogP contribution in [0.2, 0.25) is 0 Å². The Labute approximate surface area is 185 Å². The number of anilines is 1. The third-order valence-corrected chi connectivity index (χ3v) is 7.00. The molecule has 2 aliphatic rings. The van der Waals surface area contributed by atoms with Crippen molar-refractivity contribution in [3.63, 3.8) is 0 Å². The second kappa shape index (κ2) is 7.81. The fourth-order valence-corrected chi connectivity index (χ4v) is 5.23. The molecule has 0 spiro atoms. The molecule has 0 bridgehead atoms. The number of fused-ring (bicyclic) bond motifs is 3. The first-order chi connectivity index (χ1) is 15.7. The number of rotatable bonds is 4. The van der Waals surface area contributed by atoms with Crippen LogP contribution in [0.5, 0.6) is 0 Å². The van der Waals surface area contributed by atoms with Gasteiger partial charge in [0.1, 0.15) is 23.9 Å². The van der Waals surface area contributed by atoms with E-state index < -0.39 is 12.2 Å². The van der Waals surface area contributed by atoms with Gasteiger partial charge in [-0.2, -0.15) is 0 Å². The summed E-state index contributed by atoms with van der Waals surface area (Å²) in [7, 11) is 0. The van der Waals surface area contributed by atoms with E-state index in [9.17, 15) is 10.2 Å². The minimum Gasteiger partial charge on any atom is -0.390 e. The first-order valence-corrected chi connectivity index (χ1v) is 11.2. The van der Waals surface area contributed by atoms with Crippen LogP contribution >= 0.6 is 0 Å². The number of pyridine rings is 1. The first-order valence-electron chi connectivity index (χ1n) is 11.2. The molecule has 6 rings (SSSR count). The molecule has 1 aliphatic carbocycles. The number of aryl methyl sites for hydroxylation is 1. The molecule has 4 N–H and O–H groups in total. The molecule has 8 nitrogen and oxygen atoms in total. The van der Waals surface area contributed by atoms with E-state index in [0.717, 1.165) is 53.6 Å². The SMILES string of the molecule is O[C@@H]1[C@@H](CCc2ccc3cc4c(nc3c2)NNCC4)C[C@@H](n2ccc3cncnc32)[C@@H]1O. The minimum atomic E-state index is -0.811. The monoisotopic (exact) mass is 430 g/mol. The van der Waals surface area contributed by atoms with Crippen molar-refractivity contribution in [1.29, 1.82) is 0 Å². The smallest absolute Gasteiger partial charge is 0.144 e. The van der Waals surface area contributed by atoms with Crippen molar-refractivity contribution in [2.75, 3.05) is 12.0 Å². The van der Waals surface area contributed by atoms with Crippen molar-refractivity contribution >= 4 is 27.8 Å². The van der Waals surface area contributed by atoms with E-state index >= 15 is 0 Å². The van der Waals surface area contributed by atoms with Gasteiger partial charge < -0.3 is 20.2 Å². The Morgan fingerprint density at radius 1 is 1.09 bits per heavy atom. The van der Waals surface area contributed by atoms with E-state index in [1.54, 1.807) is 6.20 Å². The molecule has 4 atom stereocenters. The maximum Gasteiger partial charge on any atom is 0.144 e. The second-order valence-electron chi connectivity index (χ2n) is 8.93. The first kappa shape index (κ1) is 19.6. The molecule has 0 saturated heterocycles. The van der Waals surface area contributed by atoms with Gasteiger partial charge in [-0.15, -0.1) is 0 Å². The van der Waals surface area contributed by atoms with Crippen LogP contribution < -0.4 is 10.9 Å². The number of aromatic nitrogens is 4. The molecule has 1 fully saturated rings. The number of aliphatic hydroxyl groups is 2. The number of benzene rings is 1. The number of hydrazine groups is 1. The Hall–Kier alpha value is -3.07. The summed E-state index contributed by atoms with van der Waals surface area (Å²) in [6, 6.07) is 10.4. The lowest BCUT2D eigenvalue weighted by Crippen LogP contribution is -2.30. The van der Waals surface area contributed by atoms with Crippen molar-refractivity contribution in [3.05, 3.63) is 60.2 Å². The number of hydrogen-bond acceptors (Lipinski definition) is 7. The van der Waals surface area contributed by atoms with Gasteiger partial charge in [0.15, 0.2) is 0 Å². The third kappa shape index (κ3) is 3.31. The van der Waals surface area contributed by atoms with Gasteiger partial charge in [-0.25, -0.2) is 20.4 Å². The van der Waals surface area contributed by atoms with Crippen molar-refractivity contribution in [2.24, 2.45) is 5.92 Å². The Balaban J connectivity index is 1.19. The van der Waals surface area contributed by atoms with E-state index in [1.165, 1.54) is 17.5 Å². The lowest BCUT2D eigenvalue weighted by Gasteiger charge is -2.19. The highest BCUT2D eigenvalue weighted by molar-refractivity contribution is 5.82. The Bertz CT molecular complexity index is 1290. The van der Waals surface area contributed by atoms with Crippen LogP contribution in [0, 0.1) is 5.92 Å². The van der Waals surface area contributed by atoms with Gasteiger partial charge in [0, 0.05) is 29.7 Å². The molecule has 0 amide bonds. The summed E-state index contributed by atoms with van der Waals surface area (Å²) in [6.45, 7) is 0.903. The summed E-state index contributed by atoms with van der Waals surface area (Å²) in [4.78, 5) is 13.2. The average Bonchev–Trinajstić information content (AvgIpc) is 3.37. The van der Waals surface area contributed by atoms with Crippen molar-refractivity contribution in [1.82, 2.24) is 24.9 Å². The van der Waals surface area contributed by atoms with E-state index in [4.69, 9.17) is 4.98 Å². The van der Waals surface area contributed by atoms with E-state index in [-0.39, 0.29) is 12.0 Å². The number of aliphatic hydroxyl groups excluding tert-OH is 2. The lowest BCUT2D eigenvalue weighted by atomic mass is 9.95. The summed E-state index contributed by atoms with van der Waals surface area (Å²) in [5.41, 5.74) is 10.5. The molecule has 0 radical (unpaired) electrons. The Morgan fingerprint density at radius 2 is 2.03 bits per heavy atom. The van der Waals surface area contributed by atoms with Crippen LogP contribution in [-0.2, 0) is 12.8 Å². The predicted octanol–water partition coefficient (Wildman–Crippen LogP) is 2.37. The van der Waals surface area contributed by atoms with E-state index in [1.807, 2.05) is 16.8 Å². The molecular formula is C24H26N6O2. The van der Waals surface area contributed by atoms with Gasteiger partial charge in [-0.3, -0.25) is 0 Å². The van der Waals surface area contributed by atoms with Crippen LogP contribution in [0.25, 0.3) is 21.9 Å². The van der Waals surface area contributed by atoms with Gasteiger partial charge in [0.05, 0.1) is 17.7 Å². The molecule has 1 aromatic carbocycles. The normalized spacial score (nSPS) is 25.2. The maximum absolute atomic E-state index is 10.8. The third-order valence-electron chi connectivity index (χ3n) is 7.00. The summed E-state index contributed by atoms with van der Waals surface area (Å²) in [5.74, 6) is 0.924. The molecule has 4 heterocycles. The van der Waals surface area contributed by atoms with Gasteiger partial charge >= 0.3 is 0 Å². The predicted molar refractivity (Wildman–Crippen MR) is 122 cm³/mol. The summed E-state index contributed by atoms with van der Waals surface area (Å²) >= 11 is 0.